The lowest BCUT2D eigenvalue weighted by atomic mass is 9.85. The smallest absolute Gasteiger partial charge is 0.308 e. The summed E-state index contributed by atoms with van der Waals surface area (Å²) in [6, 6.07) is 3.04. The van der Waals surface area contributed by atoms with Gasteiger partial charge in [0.05, 0.1) is 6.42 Å². The van der Waals surface area contributed by atoms with Crippen LogP contribution in [0.5, 0.6) is 0 Å². The largest absolute Gasteiger partial charge is 0.481 e. The van der Waals surface area contributed by atoms with Gasteiger partial charge in [-0.25, -0.2) is 13.1 Å². The zero-order valence-electron chi connectivity index (χ0n) is 11.5. The molecule has 6 nitrogen and oxygen atoms in total. The van der Waals surface area contributed by atoms with E-state index in [0.29, 0.717) is 10.8 Å². The Morgan fingerprint density at radius 1 is 1.38 bits per heavy atom. The Balaban J connectivity index is 1.71. The molecule has 0 radical (unpaired) electrons. The topological polar surface area (TPSA) is 86.7 Å². The molecule has 4 rings (SSSR count). The molecule has 2 N–H and O–H groups in total. The van der Waals surface area contributed by atoms with E-state index in [2.05, 4.69) is 9.62 Å². The molecular weight excluding hydrogens is 312 g/mol. The summed E-state index contributed by atoms with van der Waals surface area (Å²) in [5.74, 6) is -0.533. The molecular formula is C13H18N2O4S2. The van der Waals surface area contributed by atoms with E-state index in [9.17, 15) is 13.2 Å². The van der Waals surface area contributed by atoms with E-state index < -0.39 is 16.0 Å². The van der Waals surface area contributed by atoms with E-state index in [1.165, 1.54) is 6.07 Å². The first-order chi connectivity index (χ1) is 9.94. The highest BCUT2D eigenvalue weighted by molar-refractivity contribution is 7.91. The lowest BCUT2D eigenvalue weighted by Gasteiger charge is -2.44. The number of carbonyl (C=O) groups is 1. The number of nitrogens with one attached hydrogen (secondary N) is 1. The fourth-order valence-corrected chi connectivity index (χ4v) is 5.76. The molecule has 1 aromatic rings. The predicted octanol–water partition coefficient (Wildman–Crippen LogP) is 0.748. The maximum Gasteiger partial charge on any atom is 0.308 e. The van der Waals surface area contributed by atoms with Crippen LogP contribution in [-0.4, -0.2) is 50.1 Å². The van der Waals surface area contributed by atoms with Crippen LogP contribution in [0.15, 0.2) is 16.3 Å². The number of rotatable bonds is 5. The molecule has 0 aromatic carbocycles. The van der Waals surface area contributed by atoms with Crippen molar-refractivity contribution in [1.82, 2.24) is 9.62 Å². The van der Waals surface area contributed by atoms with Crippen LogP contribution < -0.4 is 4.72 Å². The summed E-state index contributed by atoms with van der Waals surface area (Å²) < 4.78 is 27.8. The monoisotopic (exact) mass is 330 g/mol. The number of hydrogen-bond acceptors (Lipinski definition) is 5. The second kappa shape index (κ2) is 5.68. The van der Waals surface area contributed by atoms with E-state index in [0.717, 1.165) is 43.8 Å². The summed E-state index contributed by atoms with van der Waals surface area (Å²) in [6.45, 7) is 2.90. The lowest BCUT2D eigenvalue weighted by Crippen LogP contribution is -2.57. The molecule has 0 aliphatic carbocycles. The minimum absolute atomic E-state index is 0.0254. The summed E-state index contributed by atoms with van der Waals surface area (Å²) in [4.78, 5) is 13.5. The average molecular weight is 330 g/mol. The molecule has 1 aromatic heterocycles. The second-order valence-electron chi connectivity index (χ2n) is 5.66. The number of aliphatic carboxylic acids is 1. The van der Waals surface area contributed by atoms with Crippen molar-refractivity contribution in [2.75, 3.05) is 19.6 Å². The lowest BCUT2D eigenvalue weighted by molar-refractivity contribution is -0.136. The van der Waals surface area contributed by atoms with Crippen molar-refractivity contribution in [1.29, 1.82) is 0 Å². The highest BCUT2D eigenvalue weighted by Gasteiger charge is 2.36. The van der Waals surface area contributed by atoms with E-state index in [1.54, 1.807) is 6.07 Å². The third-order valence-electron chi connectivity index (χ3n) is 4.19. The molecule has 1 atom stereocenters. The molecule has 3 aliphatic heterocycles. The van der Waals surface area contributed by atoms with Crippen molar-refractivity contribution in [3.05, 3.63) is 17.0 Å². The Morgan fingerprint density at radius 3 is 2.67 bits per heavy atom. The van der Waals surface area contributed by atoms with Crippen LogP contribution in [0.2, 0.25) is 0 Å². The number of hydrogen-bond donors (Lipinski definition) is 2. The van der Waals surface area contributed by atoms with Crippen LogP contribution in [0.4, 0.5) is 0 Å². The first-order valence-electron chi connectivity index (χ1n) is 6.99. The van der Waals surface area contributed by atoms with Gasteiger partial charge >= 0.3 is 5.97 Å². The molecule has 4 heterocycles. The number of thiophene rings is 1. The van der Waals surface area contributed by atoms with E-state index in [-0.39, 0.29) is 16.7 Å². The Labute approximate surface area is 127 Å². The first-order valence-corrected chi connectivity index (χ1v) is 9.29. The van der Waals surface area contributed by atoms with Crippen LogP contribution in [0.3, 0.4) is 0 Å². The Hall–Kier alpha value is -0.960. The number of fused-ring (bicyclic) bond motifs is 3. The Morgan fingerprint density at radius 2 is 2.10 bits per heavy atom. The molecule has 8 heteroatoms. The summed E-state index contributed by atoms with van der Waals surface area (Å²) in [6.07, 6.45) is 1.95. The van der Waals surface area contributed by atoms with E-state index in [1.807, 2.05) is 0 Å². The van der Waals surface area contributed by atoms with Crippen molar-refractivity contribution in [3.8, 4) is 0 Å². The van der Waals surface area contributed by atoms with Gasteiger partial charge in [-0.1, -0.05) is 0 Å². The molecule has 3 fully saturated rings. The van der Waals surface area contributed by atoms with E-state index in [4.69, 9.17) is 5.11 Å². The van der Waals surface area contributed by atoms with Crippen molar-refractivity contribution >= 4 is 27.3 Å². The van der Waals surface area contributed by atoms with Crippen LogP contribution in [-0.2, 0) is 21.2 Å². The molecule has 2 bridgehead atoms. The third-order valence-corrected chi connectivity index (χ3v) is 7.26. The second-order valence-corrected chi connectivity index (χ2v) is 8.77. The van der Waals surface area contributed by atoms with Crippen LogP contribution in [0, 0.1) is 5.92 Å². The highest BCUT2D eigenvalue weighted by atomic mass is 32.2. The van der Waals surface area contributed by atoms with Gasteiger partial charge in [-0.05, 0) is 44.0 Å². The maximum absolute atomic E-state index is 12.4. The molecule has 1 unspecified atom stereocenters. The van der Waals surface area contributed by atoms with Crippen LogP contribution in [0.25, 0.3) is 0 Å². The standard InChI is InChI=1S/C13H18N2O4S2/c16-12(17)7-10-1-2-13(20-10)21(18,19)14-11-8-15-5-3-9(11)4-6-15/h1-2,9,11,14H,3-8H2,(H,16,17). The normalized spacial score (nSPS) is 28.7. The maximum atomic E-state index is 12.4. The van der Waals surface area contributed by atoms with Crippen LogP contribution in [0.1, 0.15) is 17.7 Å². The third kappa shape index (κ3) is 3.28. The van der Waals surface area contributed by atoms with E-state index >= 15 is 0 Å². The number of carboxylic acids is 1. The van der Waals surface area contributed by atoms with Gasteiger partial charge in [-0.3, -0.25) is 4.79 Å². The SMILES string of the molecule is O=C(O)Cc1ccc(S(=O)(=O)NC2CN3CCC2CC3)s1. The van der Waals surface area contributed by atoms with Gasteiger partial charge in [0.1, 0.15) is 4.21 Å². The number of nitrogens with zero attached hydrogens (tertiary/aromatic N) is 1. The van der Waals surface area contributed by atoms with Crippen molar-refractivity contribution in [2.24, 2.45) is 5.92 Å². The Bertz CT molecular complexity index is 632. The van der Waals surface area contributed by atoms with Gasteiger partial charge in [0, 0.05) is 17.5 Å². The van der Waals surface area contributed by atoms with Gasteiger partial charge in [0.2, 0.25) is 10.0 Å². The summed E-state index contributed by atoms with van der Waals surface area (Å²) in [5.41, 5.74) is 0. The van der Waals surface area contributed by atoms with Crippen LogP contribution >= 0.6 is 11.3 Å². The number of piperidine rings is 3. The fourth-order valence-electron chi connectivity index (χ4n) is 3.10. The van der Waals surface area contributed by atoms with Gasteiger partial charge in [0.15, 0.2) is 0 Å². The summed E-state index contributed by atoms with van der Waals surface area (Å²) >= 11 is 1.03. The van der Waals surface area contributed by atoms with Crippen molar-refractivity contribution in [2.45, 2.75) is 29.5 Å². The predicted molar refractivity (Wildman–Crippen MR) is 78.9 cm³/mol. The van der Waals surface area contributed by atoms with Gasteiger partial charge < -0.3 is 10.0 Å². The Kier molecular flexibility index (Phi) is 4.04. The molecule has 3 aliphatic rings. The average Bonchev–Trinajstić information content (AvgIpc) is 2.88. The zero-order valence-corrected chi connectivity index (χ0v) is 13.1. The molecule has 0 saturated carbocycles. The molecule has 0 spiro atoms. The van der Waals surface area contributed by atoms with Gasteiger partial charge in [0.25, 0.3) is 0 Å². The fraction of sp³-hybridized carbons (Fsp3) is 0.615. The number of carboxylic acid groups (broad SMARTS) is 1. The summed E-state index contributed by atoms with van der Waals surface area (Å²) in [5, 5.41) is 8.75. The molecule has 3 saturated heterocycles. The first kappa shape index (κ1) is 15.0. The molecule has 116 valence electrons. The molecule has 21 heavy (non-hydrogen) atoms. The van der Waals surface area contributed by atoms with Crippen molar-refractivity contribution in [3.63, 3.8) is 0 Å². The minimum Gasteiger partial charge on any atom is -0.481 e. The quantitative estimate of drug-likeness (QED) is 0.832. The van der Waals surface area contributed by atoms with Gasteiger partial charge in [-0.15, -0.1) is 11.3 Å². The number of sulfonamides is 1. The summed E-state index contributed by atoms with van der Waals surface area (Å²) in [7, 11) is -3.55. The van der Waals surface area contributed by atoms with Crippen molar-refractivity contribution < 1.29 is 18.3 Å². The minimum atomic E-state index is -3.55. The zero-order chi connectivity index (χ0) is 15.0. The van der Waals surface area contributed by atoms with Gasteiger partial charge in [-0.2, -0.15) is 0 Å². The highest BCUT2D eigenvalue weighted by Crippen LogP contribution is 2.29. The molecule has 0 amide bonds.